The molecule has 2 rings (SSSR count). The SMILES string of the molecule is CCNC(CC1CCCCC1)c1c(Br)cnn1CCOC. The molecule has 0 radical (unpaired) electrons. The van der Waals surface area contributed by atoms with Gasteiger partial charge in [0.15, 0.2) is 0 Å². The molecule has 1 unspecified atom stereocenters. The third kappa shape index (κ3) is 4.80. The fourth-order valence-corrected chi connectivity index (χ4v) is 3.94. The smallest absolute Gasteiger partial charge is 0.0696 e. The van der Waals surface area contributed by atoms with Crippen LogP contribution in [0.1, 0.15) is 57.2 Å². The number of aromatic nitrogens is 2. The summed E-state index contributed by atoms with van der Waals surface area (Å²) in [6, 6.07) is 0.381. The van der Waals surface area contributed by atoms with Crippen LogP contribution in [-0.4, -0.2) is 30.0 Å². The Bertz CT molecular complexity index is 416. The number of hydrogen-bond donors (Lipinski definition) is 1. The van der Waals surface area contributed by atoms with E-state index in [-0.39, 0.29) is 0 Å². The van der Waals surface area contributed by atoms with Crippen LogP contribution >= 0.6 is 15.9 Å². The van der Waals surface area contributed by atoms with Gasteiger partial charge in [0.1, 0.15) is 0 Å². The first-order valence-electron chi connectivity index (χ1n) is 8.19. The van der Waals surface area contributed by atoms with E-state index < -0.39 is 0 Å². The van der Waals surface area contributed by atoms with Crippen molar-refractivity contribution in [2.24, 2.45) is 5.92 Å². The van der Waals surface area contributed by atoms with Crippen molar-refractivity contribution >= 4 is 15.9 Å². The lowest BCUT2D eigenvalue weighted by atomic mass is 9.84. The summed E-state index contributed by atoms with van der Waals surface area (Å²) in [6.45, 7) is 4.67. The fourth-order valence-electron chi connectivity index (χ4n) is 3.37. The molecule has 1 fully saturated rings. The zero-order valence-corrected chi connectivity index (χ0v) is 14.9. The highest BCUT2D eigenvalue weighted by atomic mass is 79.9. The minimum absolute atomic E-state index is 0.381. The van der Waals surface area contributed by atoms with E-state index in [0.29, 0.717) is 12.6 Å². The van der Waals surface area contributed by atoms with E-state index in [0.717, 1.165) is 23.5 Å². The fraction of sp³-hybridized carbons (Fsp3) is 0.812. The Balaban J connectivity index is 2.10. The second kappa shape index (κ2) is 8.91. The molecule has 1 aliphatic carbocycles. The summed E-state index contributed by atoms with van der Waals surface area (Å²) in [5.74, 6) is 0.848. The number of nitrogens with zero attached hydrogens (tertiary/aromatic N) is 2. The van der Waals surface area contributed by atoms with Crippen molar-refractivity contribution in [1.82, 2.24) is 15.1 Å². The average molecular weight is 358 g/mol. The van der Waals surface area contributed by atoms with Crippen molar-refractivity contribution in [3.63, 3.8) is 0 Å². The van der Waals surface area contributed by atoms with Crippen LogP contribution in [0, 0.1) is 5.92 Å². The van der Waals surface area contributed by atoms with Gasteiger partial charge >= 0.3 is 0 Å². The van der Waals surface area contributed by atoms with Crippen LogP contribution in [0.5, 0.6) is 0 Å². The molecule has 0 saturated heterocycles. The third-order valence-corrected chi connectivity index (χ3v) is 5.03. The van der Waals surface area contributed by atoms with Crippen LogP contribution in [0.4, 0.5) is 0 Å². The number of halogens is 1. The number of rotatable bonds is 8. The van der Waals surface area contributed by atoms with Crippen molar-refractivity contribution < 1.29 is 4.74 Å². The molecule has 1 N–H and O–H groups in total. The number of hydrogen-bond acceptors (Lipinski definition) is 3. The van der Waals surface area contributed by atoms with Gasteiger partial charge < -0.3 is 10.1 Å². The van der Waals surface area contributed by atoms with Gasteiger partial charge in [0.25, 0.3) is 0 Å². The molecule has 0 bridgehead atoms. The first kappa shape index (κ1) is 17.0. The molecule has 1 aromatic rings. The van der Waals surface area contributed by atoms with Crippen LogP contribution in [0.3, 0.4) is 0 Å². The van der Waals surface area contributed by atoms with E-state index in [9.17, 15) is 0 Å². The van der Waals surface area contributed by atoms with Gasteiger partial charge in [-0.05, 0) is 34.8 Å². The highest BCUT2D eigenvalue weighted by Crippen LogP contribution is 2.34. The monoisotopic (exact) mass is 357 g/mol. The second-order valence-electron chi connectivity index (χ2n) is 5.94. The summed E-state index contributed by atoms with van der Waals surface area (Å²) < 4.78 is 8.40. The van der Waals surface area contributed by atoms with Crippen molar-refractivity contribution in [2.45, 2.75) is 58.0 Å². The molecule has 0 spiro atoms. The summed E-state index contributed by atoms with van der Waals surface area (Å²) in [7, 11) is 1.74. The number of ether oxygens (including phenoxy) is 1. The predicted octanol–water partition coefficient (Wildman–Crippen LogP) is 3.91. The van der Waals surface area contributed by atoms with Crippen LogP contribution in [0.15, 0.2) is 10.7 Å². The highest BCUT2D eigenvalue weighted by Gasteiger charge is 2.24. The summed E-state index contributed by atoms with van der Waals surface area (Å²) in [5, 5.41) is 8.16. The molecule has 5 heteroatoms. The van der Waals surface area contributed by atoms with E-state index >= 15 is 0 Å². The molecule has 0 amide bonds. The Morgan fingerprint density at radius 2 is 2.19 bits per heavy atom. The molecule has 1 saturated carbocycles. The molecule has 1 aromatic heterocycles. The summed E-state index contributed by atoms with van der Waals surface area (Å²) >= 11 is 3.68. The quantitative estimate of drug-likeness (QED) is 0.766. The molecule has 1 aliphatic rings. The Morgan fingerprint density at radius 1 is 1.43 bits per heavy atom. The molecule has 1 atom stereocenters. The summed E-state index contributed by atoms with van der Waals surface area (Å²) in [5.41, 5.74) is 1.28. The third-order valence-electron chi connectivity index (χ3n) is 4.41. The Hall–Kier alpha value is -0.390. The van der Waals surface area contributed by atoms with Crippen LogP contribution in [-0.2, 0) is 11.3 Å². The van der Waals surface area contributed by atoms with Gasteiger partial charge in [-0.1, -0.05) is 39.0 Å². The molecular formula is C16H28BrN3O. The molecule has 120 valence electrons. The van der Waals surface area contributed by atoms with Crippen LogP contribution in [0.25, 0.3) is 0 Å². The van der Waals surface area contributed by atoms with Gasteiger partial charge in [0, 0.05) is 7.11 Å². The zero-order valence-electron chi connectivity index (χ0n) is 13.3. The lowest BCUT2D eigenvalue weighted by Crippen LogP contribution is -2.27. The van der Waals surface area contributed by atoms with E-state index in [1.165, 1.54) is 44.2 Å². The van der Waals surface area contributed by atoms with Gasteiger partial charge in [-0.25, -0.2) is 0 Å². The summed E-state index contributed by atoms with van der Waals surface area (Å²) in [6.07, 6.45) is 10.1. The lowest BCUT2D eigenvalue weighted by molar-refractivity contribution is 0.180. The molecule has 0 aliphatic heterocycles. The number of methoxy groups -OCH3 is 1. The van der Waals surface area contributed by atoms with Gasteiger partial charge in [0.2, 0.25) is 0 Å². The topological polar surface area (TPSA) is 39.1 Å². The first-order valence-corrected chi connectivity index (χ1v) is 8.99. The largest absolute Gasteiger partial charge is 0.383 e. The van der Waals surface area contributed by atoms with Gasteiger partial charge in [-0.3, -0.25) is 4.68 Å². The molecule has 21 heavy (non-hydrogen) atoms. The van der Waals surface area contributed by atoms with Gasteiger partial charge in [-0.2, -0.15) is 5.10 Å². The Kier molecular flexibility index (Phi) is 7.20. The van der Waals surface area contributed by atoms with Crippen LogP contribution < -0.4 is 5.32 Å². The predicted molar refractivity (Wildman–Crippen MR) is 89.4 cm³/mol. The Labute approximate surface area is 136 Å². The molecule has 1 heterocycles. The molecule has 4 nitrogen and oxygen atoms in total. The summed E-state index contributed by atoms with van der Waals surface area (Å²) in [4.78, 5) is 0. The van der Waals surface area contributed by atoms with Gasteiger partial charge in [0.05, 0.1) is 35.6 Å². The first-order chi connectivity index (χ1) is 10.3. The van der Waals surface area contributed by atoms with E-state index in [1.54, 1.807) is 7.11 Å². The average Bonchev–Trinajstić information content (AvgIpc) is 2.86. The second-order valence-corrected chi connectivity index (χ2v) is 6.80. The number of nitrogens with one attached hydrogen (secondary N) is 1. The molecule has 0 aromatic carbocycles. The minimum Gasteiger partial charge on any atom is -0.383 e. The van der Waals surface area contributed by atoms with Crippen molar-refractivity contribution in [1.29, 1.82) is 0 Å². The zero-order chi connectivity index (χ0) is 15.1. The van der Waals surface area contributed by atoms with Crippen LogP contribution in [0.2, 0.25) is 0 Å². The molecular weight excluding hydrogens is 330 g/mol. The highest BCUT2D eigenvalue weighted by molar-refractivity contribution is 9.10. The van der Waals surface area contributed by atoms with Crippen molar-refractivity contribution in [2.75, 3.05) is 20.3 Å². The maximum absolute atomic E-state index is 5.20. The van der Waals surface area contributed by atoms with E-state index in [1.807, 2.05) is 6.20 Å². The van der Waals surface area contributed by atoms with Crippen molar-refractivity contribution in [3.05, 3.63) is 16.4 Å². The minimum atomic E-state index is 0.381. The standard InChI is InChI=1S/C16H28BrN3O/c1-3-18-15(11-13-7-5-4-6-8-13)16-14(17)12-19-20(16)9-10-21-2/h12-13,15,18H,3-11H2,1-2H3. The normalized spacial score (nSPS) is 18.0. The van der Waals surface area contributed by atoms with E-state index in [2.05, 4.69) is 38.0 Å². The Morgan fingerprint density at radius 3 is 2.86 bits per heavy atom. The maximum atomic E-state index is 5.20. The van der Waals surface area contributed by atoms with Gasteiger partial charge in [-0.15, -0.1) is 0 Å². The maximum Gasteiger partial charge on any atom is 0.0696 e. The van der Waals surface area contributed by atoms with Crippen molar-refractivity contribution in [3.8, 4) is 0 Å². The van der Waals surface area contributed by atoms with E-state index in [4.69, 9.17) is 4.74 Å². The lowest BCUT2D eigenvalue weighted by Gasteiger charge is -2.28.